The Hall–Kier alpha value is -1.89. The van der Waals surface area contributed by atoms with Crippen molar-refractivity contribution in [3.05, 3.63) is 46.6 Å². The quantitative estimate of drug-likeness (QED) is 0.662. The molecule has 0 radical (unpaired) electrons. The van der Waals surface area contributed by atoms with E-state index in [1.165, 1.54) is 18.2 Å². The average Bonchev–Trinajstić information content (AvgIpc) is 2.32. The van der Waals surface area contributed by atoms with Gasteiger partial charge in [0.15, 0.2) is 5.69 Å². The largest absolute Gasteiger partial charge is 0.433 e. The van der Waals surface area contributed by atoms with E-state index in [9.17, 15) is 17.6 Å². The van der Waals surface area contributed by atoms with E-state index < -0.39 is 23.0 Å². The molecule has 0 amide bonds. The van der Waals surface area contributed by atoms with E-state index in [1.54, 1.807) is 6.92 Å². The fourth-order valence-corrected chi connectivity index (χ4v) is 1.68. The van der Waals surface area contributed by atoms with Gasteiger partial charge in [0, 0.05) is 6.07 Å². The number of benzene rings is 1. The highest BCUT2D eigenvalue weighted by atomic mass is 35.5. The number of aryl methyl sites for hydroxylation is 1. The molecule has 2 rings (SSSR count). The van der Waals surface area contributed by atoms with Gasteiger partial charge in [0.2, 0.25) is 5.28 Å². The van der Waals surface area contributed by atoms with Crippen LogP contribution >= 0.6 is 11.6 Å². The summed E-state index contributed by atoms with van der Waals surface area (Å²) in [5.74, 6) is -0.847. The Morgan fingerprint density at radius 3 is 2.50 bits per heavy atom. The van der Waals surface area contributed by atoms with E-state index in [0.29, 0.717) is 6.07 Å². The summed E-state index contributed by atoms with van der Waals surface area (Å²) >= 11 is 5.44. The van der Waals surface area contributed by atoms with Crippen LogP contribution < -0.4 is 5.32 Å². The fourth-order valence-electron chi connectivity index (χ4n) is 1.50. The lowest BCUT2D eigenvalue weighted by molar-refractivity contribution is -0.141. The molecule has 3 nitrogen and oxygen atoms in total. The van der Waals surface area contributed by atoms with E-state index in [-0.39, 0.29) is 11.5 Å². The predicted molar refractivity (Wildman–Crippen MR) is 66.5 cm³/mol. The highest BCUT2D eigenvalue weighted by Gasteiger charge is 2.33. The molecule has 0 bridgehead atoms. The first-order chi connectivity index (χ1) is 9.25. The van der Waals surface area contributed by atoms with E-state index in [2.05, 4.69) is 15.3 Å². The Morgan fingerprint density at radius 1 is 1.15 bits per heavy atom. The number of hydrogen-bond donors (Lipinski definition) is 1. The minimum Gasteiger partial charge on any atom is -0.338 e. The van der Waals surface area contributed by atoms with Crippen LogP contribution in [-0.4, -0.2) is 9.97 Å². The van der Waals surface area contributed by atoms with Crippen LogP contribution in [0.1, 0.15) is 11.3 Å². The maximum atomic E-state index is 13.5. The van der Waals surface area contributed by atoms with Crippen molar-refractivity contribution in [2.75, 3.05) is 5.32 Å². The number of alkyl halides is 3. The Morgan fingerprint density at radius 2 is 1.85 bits per heavy atom. The van der Waals surface area contributed by atoms with Crippen molar-refractivity contribution in [3.63, 3.8) is 0 Å². The van der Waals surface area contributed by atoms with Crippen molar-refractivity contribution >= 4 is 23.1 Å². The van der Waals surface area contributed by atoms with Crippen LogP contribution in [0.4, 0.5) is 29.1 Å². The topological polar surface area (TPSA) is 37.8 Å². The van der Waals surface area contributed by atoms with Gasteiger partial charge in [-0.3, -0.25) is 0 Å². The summed E-state index contributed by atoms with van der Waals surface area (Å²) in [6.45, 7) is 1.72. The van der Waals surface area contributed by atoms with Gasteiger partial charge in [-0.25, -0.2) is 14.4 Å². The van der Waals surface area contributed by atoms with Gasteiger partial charge in [-0.15, -0.1) is 0 Å². The molecule has 2 aromatic rings. The first-order valence-corrected chi connectivity index (χ1v) is 5.78. The summed E-state index contributed by atoms with van der Waals surface area (Å²) in [6.07, 6.45) is -4.66. The Labute approximate surface area is 116 Å². The molecule has 1 heterocycles. The molecule has 0 saturated carbocycles. The molecule has 0 aliphatic rings. The number of aromatic nitrogens is 2. The minimum atomic E-state index is -4.66. The summed E-state index contributed by atoms with van der Waals surface area (Å²) in [6, 6.07) is 4.84. The number of halogens is 5. The van der Waals surface area contributed by atoms with Gasteiger partial charge in [-0.2, -0.15) is 13.2 Å². The second-order valence-corrected chi connectivity index (χ2v) is 4.35. The lowest BCUT2D eigenvalue weighted by Crippen LogP contribution is -2.10. The number of rotatable bonds is 2. The predicted octanol–water partition coefficient (Wildman–Crippen LogP) is 4.34. The molecule has 1 aromatic heterocycles. The Bertz CT molecular complexity index is 643. The van der Waals surface area contributed by atoms with Crippen LogP contribution in [0.25, 0.3) is 0 Å². The SMILES string of the molecule is Cc1ccc(F)c(Nc2cc(C(F)(F)F)nc(Cl)n2)c1. The second-order valence-electron chi connectivity index (χ2n) is 4.01. The lowest BCUT2D eigenvalue weighted by atomic mass is 10.2. The van der Waals surface area contributed by atoms with Crippen molar-refractivity contribution < 1.29 is 17.6 Å². The minimum absolute atomic E-state index is 0.00731. The van der Waals surface area contributed by atoms with Crippen molar-refractivity contribution in [2.45, 2.75) is 13.1 Å². The number of hydrogen-bond acceptors (Lipinski definition) is 3. The molecule has 0 spiro atoms. The molecule has 0 unspecified atom stereocenters. The van der Waals surface area contributed by atoms with E-state index in [1.807, 2.05) is 0 Å². The fraction of sp³-hybridized carbons (Fsp3) is 0.167. The molecule has 0 fully saturated rings. The van der Waals surface area contributed by atoms with Gasteiger partial charge in [-0.05, 0) is 36.2 Å². The highest BCUT2D eigenvalue weighted by molar-refractivity contribution is 6.28. The summed E-state index contributed by atoms with van der Waals surface area (Å²) in [4.78, 5) is 6.67. The lowest BCUT2D eigenvalue weighted by Gasteiger charge is -2.11. The third-order valence-corrected chi connectivity index (χ3v) is 2.54. The first kappa shape index (κ1) is 14.5. The molecule has 8 heteroatoms. The summed E-state index contributed by atoms with van der Waals surface area (Å²) in [5, 5.41) is 1.88. The van der Waals surface area contributed by atoms with Crippen LogP contribution in [0.5, 0.6) is 0 Å². The van der Waals surface area contributed by atoms with E-state index in [0.717, 1.165) is 5.56 Å². The van der Waals surface area contributed by atoms with Crippen LogP contribution in [0.2, 0.25) is 5.28 Å². The molecule has 0 atom stereocenters. The molecule has 0 aliphatic carbocycles. The van der Waals surface area contributed by atoms with Gasteiger partial charge >= 0.3 is 6.18 Å². The zero-order chi connectivity index (χ0) is 14.9. The second kappa shape index (κ2) is 5.24. The van der Waals surface area contributed by atoms with Crippen LogP contribution in [0.15, 0.2) is 24.3 Å². The number of anilines is 2. The average molecular weight is 306 g/mol. The highest BCUT2D eigenvalue weighted by Crippen LogP contribution is 2.30. The summed E-state index contributed by atoms with van der Waals surface area (Å²) < 4.78 is 51.3. The van der Waals surface area contributed by atoms with Gasteiger partial charge in [-0.1, -0.05) is 6.07 Å². The van der Waals surface area contributed by atoms with Gasteiger partial charge in [0.05, 0.1) is 5.69 Å². The third kappa shape index (κ3) is 3.36. The standard InChI is InChI=1S/C12H8ClF4N3/c1-6-2-3-7(14)8(4-6)18-10-5-9(12(15,16)17)19-11(13)20-10/h2-5H,1H3,(H,18,19,20). The number of nitrogens with one attached hydrogen (secondary N) is 1. The summed E-state index contributed by atoms with van der Waals surface area (Å²) in [5.41, 5.74) is -0.453. The van der Waals surface area contributed by atoms with Crippen LogP contribution in [0, 0.1) is 12.7 Å². The van der Waals surface area contributed by atoms with Gasteiger partial charge < -0.3 is 5.32 Å². The van der Waals surface area contributed by atoms with Gasteiger partial charge in [0.25, 0.3) is 0 Å². The van der Waals surface area contributed by atoms with Crippen LogP contribution in [0.3, 0.4) is 0 Å². The van der Waals surface area contributed by atoms with E-state index in [4.69, 9.17) is 11.6 Å². The Kier molecular flexibility index (Phi) is 3.80. The molecule has 0 aliphatic heterocycles. The normalized spacial score (nSPS) is 11.5. The van der Waals surface area contributed by atoms with Crippen LogP contribution in [-0.2, 0) is 6.18 Å². The third-order valence-electron chi connectivity index (χ3n) is 2.37. The van der Waals surface area contributed by atoms with Crippen molar-refractivity contribution in [1.29, 1.82) is 0 Å². The maximum absolute atomic E-state index is 13.5. The van der Waals surface area contributed by atoms with Crippen molar-refractivity contribution in [3.8, 4) is 0 Å². The molecular formula is C12H8ClF4N3. The van der Waals surface area contributed by atoms with E-state index >= 15 is 0 Å². The first-order valence-electron chi connectivity index (χ1n) is 5.40. The Balaban J connectivity index is 2.39. The zero-order valence-corrected chi connectivity index (χ0v) is 10.8. The number of nitrogens with zero attached hydrogens (tertiary/aromatic N) is 2. The maximum Gasteiger partial charge on any atom is 0.433 e. The molecule has 1 N–H and O–H groups in total. The molecule has 20 heavy (non-hydrogen) atoms. The van der Waals surface area contributed by atoms with Gasteiger partial charge in [0.1, 0.15) is 11.6 Å². The molecular weight excluding hydrogens is 298 g/mol. The zero-order valence-electron chi connectivity index (χ0n) is 10.1. The van der Waals surface area contributed by atoms with Crippen molar-refractivity contribution in [2.24, 2.45) is 0 Å². The smallest absolute Gasteiger partial charge is 0.338 e. The molecule has 106 valence electrons. The monoisotopic (exact) mass is 305 g/mol. The molecule has 1 aromatic carbocycles. The molecule has 0 saturated heterocycles. The summed E-state index contributed by atoms with van der Waals surface area (Å²) in [7, 11) is 0. The van der Waals surface area contributed by atoms with Crippen molar-refractivity contribution in [1.82, 2.24) is 9.97 Å².